The summed E-state index contributed by atoms with van der Waals surface area (Å²) in [6, 6.07) is 9.94. The zero-order valence-electron chi connectivity index (χ0n) is 13.2. The zero-order chi connectivity index (χ0) is 15.3. The molecule has 0 aliphatic rings. The van der Waals surface area contributed by atoms with Gasteiger partial charge in [0.2, 0.25) is 0 Å². The van der Waals surface area contributed by atoms with Gasteiger partial charge >= 0.3 is 0 Å². The molecular weight excluding hydrogens is 262 g/mol. The number of nitrogens with one attached hydrogen (secondary N) is 1. The summed E-state index contributed by atoms with van der Waals surface area (Å²) in [5.41, 5.74) is 3.65. The van der Waals surface area contributed by atoms with E-state index in [9.17, 15) is 4.79 Å². The Hall–Kier alpha value is -1.84. The van der Waals surface area contributed by atoms with Crippen LogP contribution < -0.4 is 10.3 Å². The highest BCUT2D eigenvalue weighted by Crippen LogP contribution is 2.11. The maximum atomic E-state index is 11.9. The van der Waals surface area contributed by atoms with Crippen molar-refractivity contribution >= 4 is 17.8 Å². The molecular formula is C17H27N3O. The van der Waals surface area contributed by atoms with Crippen molar-refractivity contribution < 1.29 is 4.79 Å². The number of amides is 1. The lowest BCUT2D eigenvalue weighted by molar-refractivity contribution is -0.119. The van der Waals surface area contributed by atoms with Crippen molar-refractivity contribution in [2.45, 2.75) is 46.0 Å². The minimum atomic E-state index is -0.0782. The molecule has 0 aliphatic heterocycles. The molecule has 0 spiro atoms. The van der Waals surface area contributed by atoms with Crippen LogP contribution in [0.1, 0.15) is 46.0 Å². The molecule has 0 aliphatic carbocycles. The molecule has 4 heteroatoms. The predicted molar refractivity (Wildman–Crippen MR) is 89.7 cm³/mol. The first kappa shape index (κ1) is 17.2. The Kier molecular flexibility index (Phi) is 8.93. The lowest BCUT2D eigenvalue weighted by Gasteiger charge is -2.21. The number of hydrogen-bond donors (Lipinski definition) is 1. The van der Waals surface area contributed by atoms with Crippen molar-refractivity contribution in [3.05, 3.63) is 30.3 Å². The number of anilines is 1. The van der Waals surface area contributed by atoms with E-state index in [2.05, 4.69) is 17.5 Å². The van der Waals surface area contributed by atoms with E-state index < -0.39 is 0 Å². The molecule has 0 aromatic heterocycles. The third-order valence-electron chi connectivity index (χ3n) is 3.30. The fourth-order valence-corrected chi connectivity index (χ4v) is 2.08. The van der Waals surface area contributed by atoms with Crippen LogP contribution in [0.5, 0.6) is 0 Å². The Labute approximate surface area is 128 Å². The van der Waals surface area contributed by atoms with Crippen LogP contribution >= 0.6 is 0 Å². The van der Waals surface area contributed by atoms with Gasteiger partial charge in [0.15, 0.2) is 0 Å². The third-order valence-corrected chi connectivity index (χ3v) is 3.30. The molecule has 0 bridgehead atoms. The van der Waals surface area contributed by atoms with Gasteiger partial charge in [0.1, 0.15) is 0 Å². The minimum Gasteiger partial charge on any atom is -0.362 e. The van der Waals surface area contributed by atoms with Gasteiger partial charge in [-0.15, -0.1) is 0 Å². The van der Waals surface area contributed by atoms with Gasteiger partial charge in [-0.2, -0.15) is 5.10 Å². The summed E-state index contributed by atoms with van der Waals surface area (Å²) in [5.74, 6) is -0.0782. The molecule has 0 heterocycles. The van der Waals surface area contributed by atoms with E-state index in [-0.39, 0.29) is 5.91 Å². The van der Waals surface area contributed by atoms with Crippen LogP contribution in [0.2, 0.25) is 0 Å². The molecule has 1 aromatic carbocycles. The fraction of sp³-hybridized carbons (Fsp3) is 0.529. The number of nitrogens with zero attached hydrogens (tertiary/aromatic N) is 2. The summed E-state index contributed by atoms with van der Waals surface area (Å²) < 4.78 is 0. The number of hydrogen-bond acceptors (Lipinski definition) is 3. The smallest absolute Gasteiger partial charge is 0.259 e. The highest BCUT2D eigenvalue weighted by Gasteiger charge is 2.08. The zero-order valence-corrected chi connectivity index (χ0v) is 13.2. The number of rotatable bonds is 10. The number of para-hydroxylation sites is 1. The summed E-state index contributed by atoms with van der Waals surface area (Å²) >= 11 is 0. The minimum absolute atomic E-state index is 0.0782. The number of unbranched alkanes of at least 4 members (excludes halogenated alkanes) is 4. The van der Waals surface area contributed by atoms with Gasteiger partial charge in [-0.3, -0.25) is 4.79 Å². The maximum Gasteiger partial charge on any atom is 0.259 e. The predicted octanol–water partition coefficient (Wildman–Crippen LogP) is 3.59. The van der Waals surface area contributed by atoms with Crippen LogP contribution in [0, 0.1) is 0 Å². The van der Waals surface area contributed by atoms with Crippen LogP contribution in [0.25, 0.3) is 0 Å². The highest BCUT2D eigenvalue weighted by molar-refractivity contribution is 5.81. The van der Waals surface area contributed by atoms with Gasteiger partial charge in [0, 0.05) is 18.4 Å². The van der Waals surface area contributed by atoms with E-state index in [1.807, 2.05) is 42.2 Å². The van der Waals surface area contributed by atoms with E-state index in [1.54, 1.807) is 6.21 Å². The lowest BCUT2D eigenvalue weighted by atomic mass is 10.2. The number of carbonyl (C=O) groups excluding carboxylic acids is 1. The number of likely N-dealkylation sites (N-methyl/N-ethyl adjacent to an activating group) is 1. The van der Waals surface area contributed by atoms with Gasteiger partial charge in [0.25, 0.3) is 5.91 Å². The fourth-order valence-electron chi connectivity index (χ4n) is 2.08. The Morgan fingerprint density at radius 1 is 1.19 bits per heavy atom. The molecule has 4 nitrogen and oxygen atoms in total. The molecule has 1 rings (SSSR count). The van der Waals surface area contributed by atoms with Gasteiger partial charge in [-0.1, -0.05) is 44.4 Å². The van der Waals surface area contributed by atoms with Crippen LogP contribution in [0.15, 0.2) is 35.4 Å². The van der Waals surface area contributed by atoms with Gasteiger partial charge in [-0.25, -0.2) is 5.43 Å². The number of carbonyl (C=O) groups is 1. The van der Waals surface area contributed by atoms with Crippen molar-refractivity contribution in [1.29, 1.82) is 0 Å². The summed E-state index contributed by atoms with van der Waals surface area (Å²) in [7, 11) is 0. The van der Waals surface area contributed by atoms with Crippen LogP contribution in [-0.2, 0) is 4.79 Å². The molecule has 0 unspecified atom stereocenters. The summed E-state index contributed by atoms with van der Waals surface area (Å²) in [6.07, 6.45) is 7.60. The maximum absolute atomic E-state index is 11.9. The van der Waals surface area contributed by atoms with Crippen LogP contribution in [0.3, 0.4) is 0 Å². The van der Waals surface area contributed by atoms with Gasteiger partial charge < -0.3 is 4.90 Å². The Bertz CT molecular complexity index is 417. The lowest BCUT2D eigenvalue weighted by Crippen LogP contribution is -2.35. The highest BCUT2D eigenvalue weighted by atomic mass is 16.2. The van der Waals surface area contributed by atoms with Gasteiger partial charge in [-0.05, 0) is 31.9 Å². The summed E-state index contributed by atoms with van der Waals surface area (Å²) in [5, 5.41) is 4.00. The van der Waals surface area contributed by atoms with E-state index >= 15 is 0 Å². The van der Waals surface area contributed by atoms with Crippen LogP contribution in [0.4, 0.5) is 5.69 Å². The SMILES string of the molecule is CCCCCC/C=N/NC(=O)CN(CC)c1ccccc1. The first-order valence-electron chi connectivity index (χ1n) is 7.88. The summed E-state index contributed by atoms with van der Waals surface area (Å²) in [6.45, 7) is 5.35. The van der Waals surface area contributed by atoms with Crippen LogP contribution in [-0.4, -0.2) is 25.2 Å². The third kappa shape index (κ3) is 7.49. The van der Waals surface area contributed by atoms with E-state index in [0.29, 0.717) is 6.54 Å². The quantitative estimate of drug-likeness (QED) is 0.406. The topological polar surface area (TPSA) is 44.7 Å². The monoisotopic (exact) mass is 289 g/mol. The van der Waals surface area contributed by atoms with E-state index in [1.165, 1.54) is 19.3 Å². The largest absolute Gasteiger partial charge is 0.362 e. The first-order chi connectivity index (χ1) is 10.3. The molecule has 1 N–H and O–H groups in total. The molecule has 0 saturated heterocycles. The molecule has 1 amide bonds. The van der Waals surface area contributed by atoms with E-state index in [0.717, 1.165) is 25.1 Å². The number of hydrazone groups is 1. The standard InChI is InChI=1S/C17H27N3O/c1-3-5-6-7-11-14-18-19-17(21)15-20(4-2)16-12-9-8-10-13-16/h8-10,12-14H,3-7,11,15H2,1-2H3,(H,19,21)/b18-14+. The Morgan fingerprint density at radius 2 is 1.95 bits per heavy atom. The van der Waals surface area contributed by atoms with E-state index in [4.69, 9.17) is 0 Å². The second-order valence-electron chi connectivity index (χ2n) is 5.05. The molecule has 116 valence electrons. The molecule has 21 heavy (non-hydrogen) atoms. The van der Waals surface area contributed by atoms with Gasteiger partial charge in [0.05, 0.1) is 6.54 Å². The molecule has 0 saturated carbocycles. The van der Waals surface area contributed by atoms with Crippen molar-refractivity contribution in [2.24, 2.45) is 5.10 Å². The normalized spacial score (nSPS) is 10.8. The summed E-state index contributed by atoms with van der Waals surface area (Å²) in [4.78, 5) is 13.9. The molecule has 1 aromatic rings. The second-order valence-corrected chi connectivity index (χ2v) is 5.05. The second kappa shape index (κ2) is 10.9. The molecule has 0 fully saturated rings. The van der Waals surface area contributed by atoms with Crippen molar-refractivity contribution in [2.75, 3.05) is 18.0 Å². The molecule has 0 radical (unpaired) electrons. The van der Waals surface area contributed by atoms with Crippen molar-refractivity contribution in [3.63, 3.8) is 0 Å². The first-order valence-corrected chi connectivity index (χ1v) is 7.88. The number of benzene rings is 1. The molecule has 0 atom stereocenters. The van der Waals surface area contributed by atoms with Crippen molar-refractivity contribution in [1.82, 2.24) is 5.43 Å². The Balaban J connectivity index is 2.27. The Morgan fingerprint density at radius 3 is 2.62 bits per heavy atom. The average molecular weight is 289 g/mol. The average Bonchev–Trinajstić information content (AvgIpc) is 2.52. The van der Waals surface area contributed by atoms with Crippen molar-refractivity contribution in [3.8, 4) is 0 Å².